The van der Waals surface area contributed by atoms with Gasteiger partial charge in [-0.25, -0.2) is 0 Å². The van der Waals surface area contributed by atoms with Gasteiger partial charge in [0.2, 0.25) is 0 Å². The van der Waals surface area contributed by atoms with Crippen molar-refractivity contribution in [1.82, 2.24) is 9.97 Å². The largest absolute Gasteiger partial charge is 0.255 e. The van der Waals surface area contributed by atoms with Crippen molar-refractivity contribution < 1.29 is 0 Å². The maximum atomic E-state index is 4.85. The van der Waals surface area contributed by atoms with E-state index in [0.717, 1.165) is 17.8 Å². The van der Waals surface area contributed by atoms with E-state index in [1.165, 1.54) is 197 Å². The molecule has 2 heteroatoms. The normalized spacial score (nSPS) is 11.8. The molecule has 0 atom stereocenters. The molecule has 270 valence electrons. The van der Waals surface area contributed by atoms with E-state index < -0.39 is 0 Å². The van der Waals surface area contributed by atoms with Gasteiger partial charge in [0, 0.05) is 12.4 Å². The summed E-state index contributed by atoms with van der Waals surface area (Å²) < 4.78 is 0. The first-order valence-corrected chi connectivity index (χ1v) is 21.0. The second-order valence-corrected chi connectivity index (χ2v) is 14.4. The molecular formula is C46H76N2. The summed E-state index contributed by atoms with van der Waals surface area (Å²) in [7, 11) is 0. The van der Waals surface area contributed by atoms with Gasteiger partial charge in [0.25, 0.3) is 0 Å². The van der Waals surface area contributed by atoms with Crippen LogP contribution in [0, 0.1) is 0 Å². The van der Waals surface area contributed by atoms with Gasteiger partial charge in [-0.2, -0.15) is 0 Å². The number of allylic oxidation sites excluding steroid dienone is 4. The summed E-state index contributed by atoms with van der Waals surface area (Å²) in [5.41, 5.74) is 5.11. The zero-order valence-electron chi connectivity index (χ0n) is 31.9. The molecule has 2 heterocycles. The minimum atomic E-state index is 1.03. The monoisotopic (exact) mass is 657 g/mol. The molecule has 2 nitrogen and oxygen atoms in total. The molecule has 0 fully saturated rings. The zero-order chi connectivity index (χ0) is 34.0. The molecule has 2 rings (SSSR count). The summed E-state index contributed by atoms with van der Waals surface area (Å²) in [5.74, 6) is 0. The van der Waals surface area contributed by atoms with Crippen molar-refractivity contribution in [1.29, 1.82) is 0 Å². The second kappa shape index (κ2) is 32.0. The summed E-state index contributed by atoms with van der Waals surface area (Å²) in [4.78, 5) is 9.53. The van der Waals surface area contributed by atoms with Crippen molar-refractivity contribution >= 4 is 0 Å². The van der Waals surface area contributed by atoms with E-state index in [4.69, 9.17) is 4.98 Å². The Morgan fingerprint density at radius 1 is 0.417 bits per heavy atom. The molecule has 0 aliphatic heterocycles. The summed E-state index contributed by atoms with van der Waals surface area (Å²) in [6, 6.07) is 8.52. The number of pyridine rings is 2. The fourth-order valence-electron chi connectivity index (χ4n) is 6.88. The third-order valence-corrected chi connectivity index (χ3v) is 9.96. The summed E-state index contributed by atoms with van der Waals surface area (Å²) in [5, 5.41) is 0. The van der Waals surface area contributed by atoms with E-state index in [1.807, 2.05) is 18.5 Å². The van der Waals surface area contributed by atoms with Gasteiger partial charge >= 0.3 is 0 Å². The molecule has 0 unspecified atom stereocenters. The lowest BCUT2D eigenvalue weighted by Crippen LogP contribution is -2.02. The molecule has 0 bridgehead atoms. The second-order valence-electron chi connectivity index (χ2n) is 14.4. The van der Waals surface area contributed by atoms with Crippen LogP contribution < -0.4 is 0 Å². The predicted molar refractivity (Wildman–Crippen MR) is 214 cm³/mol. The highest BCUT2D eigenvalue weighted by Crippen LogP contribution is 2.26. The third kappa shape index (κ3) is 22.4. The first-order chi connectivity index (χ1) is 23.9. The van der Waals surface area contributed by atoms with Crippen molar-refractivity contribution in [2.24, 2.45) is 0 Å². The van der Waals surface area contributed by atoms with Gasteiger partial charge in [-0.3, -0.25) is 9.97 Å². The van der Waals surface area contributed by atoms with E-state index in [0.29, 0.717) is 0 Å². The van der Waals surface area contributed by atoms with Crippen LogP contribution in [0.1, 0.15) is 205 Å². The number of hydrogen-bond donors (Lipinski definition) is 0. The maximum Gasteiger partial charge on any atom is 0.0920 e. The van der Waals surface area contributed by atoms with Crippen molar-refractivity contribution in [2.75, 3.05) is 0 Å². The van der Waals surface area contributed by atoms with Crippen LogP contribution in [0.2, 0.25) is 0 Å². The number of aromatic nitrogens is 2. The number of rotatable bonds is 33. The molecule has 2 aromatic rings. The standard InChI is InChI=1S/C46H76N2/c1-3-5-7-9-11-13-15-17-19-21-23-25-27-29-31-33-37-43-40-42-48-46(45-39-35-36-41-47-45)44(43)38-34-32-30-28-26-24-22-20-18-16-14-12-10-8-6-4-2/h17-20,35-36,39-42H,3-16,21-34,37-38H2,1-2H3/b19-17-,20-18-. The Labute approximate surface area is 299 Å². The summed E-state index contributed by atoms with van der Waals surface area (Å²) >= 11 is 0. The topological polar surface area (TPSA) is 25.8 Å². The van der Waals surface area contributed by atoms with Crippen LogP contribution in [0.25, 0.3) is 11.4 Å². The van der Waals surface area contributed by atoms with Crippen molar-refractivity contribution in [3.05, 3.63) is 72.1 Å². The number of hydrogen-bond acceptors (Lipinski definition) is 2. The van der Waals surface area contributed by atoms with Gasteiger partial charge in [-0.05, 0) is 106 Å². The molecule has 0 radical (unpaired) electrons. The average molecular weight is 657 g/mol. The van der Waals surface area contributed by atoms with Crippen LogP contribution >= 0.6 is 0 Å². The van der Waals surface area contributed by atoms with Gasteiger partial charge in [-0.15, -0.1) is 0 Å². The quantitative estimate of drug-likeness (QED) is 0.0564. The Balaban J connectivity index is 1.60. The Hall–Kier alpha value is -2.22. The first kappa shape index (κ1) is 41.9. The van der Waals surface area contributed by atoms with Crippen LogP contribution in [0.5, 0.6) is 0 Å². The molecule has 0 amide bonds. The smallest absolute Gasteiger partial charge is 0.0920 e. The summed E-state index contributed by atoms with van der Waals surface area (Å²) in [6.45, 7) is 4.59. The van der Waals surface area contributed by atoms with Crippen molar-refractivity contribution in [3.8, 4) is 11.4 Å². The van der Waals surface area contributed by atoms with E-state index in [2.05, 4.69) is 61.3 Å². The fourth-order valence-corrected chi connectivity index (χ4v) is 6.88. The molecule has 0 aliphatic carbocycles. The van der Waals surface area contributed by atoms with Crippen molar-refractivity contribution in [3.63, 3.8) is 0 Å². The van der Waals surface area contributed by atoms with Crippen LogP contribution in [-0.4, -0.2) is 9.97 Å². The molecule has 0 saturated heterocycles. The molecule has 48 heavy (non-hydrogen) atoms. The van der Waals surface area contributed by atoms with E-state index in [1.54, 1.807) is 0 Å². The van der Waals surface area contributed by atoms with Gasteiger partial charge < -0.3 is 0 Å². The van der Waals surface area contributed by atoms with Gasteiger partial charge in [0.15, 0.2) is 0 Å². The zero-order valence-corrected chi connectivity index (χ0v) is 31.9. The molecule has 2 aromatic heterocycles. The van der Waals surface area contributed by atoms with Crippen molar-refractivity contribution in [2.45, 2.75) is 206 Å². The molecule has 0 spiro atoms. The van der Waals surface area contributed by atoms with Gasteiger partial charge in [-0.1, -0.05) is 160 Å². The SMILES string of the molecule is CCCCCCCC/C=C\CCCCCCCCc1ccnc(-c2ccccn2)c1CCCCCCCC/C=C\CCCCCCCC. The van der Waals surface area contributed by atoms with E-state index in [-0.39, 0.29) is 0 Å². The number of unbranched alkanes of at least 4 members (excludes halogenated alkanes) is 24. The van der Waals surface area contributed by atoms with Crippen LogP contribution in [0.3, 0.4) is 0 Å². The Kier molecular flexibility index (Phi) is 28.0. The first-order valence-electron chi connectivity index (χ1n) is 21.0. The molecular weight excluding hydrogens is 581 g/mol. The number of aryl methyl sites for hydroxylation is 1. The highest BCUT2D eigenvalue weighted by molar-refractivity contribution is 5.60. The highest BCUT2D eigenvalue weighted by Gasteiger charge is 2.12. The molecule has 0 saturated carbocycles. The lowest BCUT2D eigenvalue weighted by Gasteiger charge is -2.14. The average Bonchev–Trinajstić information content (AvgIpc) is 3.12. The van der Waals surface area contributed by atoms with E-state index >= 15 is 0 Å². The van der Waals surface area contributed by atoms with E-state index in [9.17, 15) is 0 Å². The number of nitrogens with zero attached hydrogens (tertiary/aromatic N) is 2. The molecule has 0 N–H and O–H groups in total. The lowest BCUT2D eigenvalue weighted by atomic mass is 9.94. The predicted octanol–water partition coefficient (Wildman–Crippen LogP) is 15.3. The van der Waals surface area contributed by atoms with Crippen LogP contribution in [0.4, 0.5) is 0 Å². The maximum absolute atomic E-state index is 4.85. The van der Waals surface area contributed by atoms with Gasteiger partial charge in [0.1, 0.15) is 0 Å². The third-order valence-electron chi connectivity index (χ3n) is 9.96. The van der Waals surface area contributed by atoms with Crippen LogP contribution in [-0.2, 0) is 12.8 Å². The minimum absolute atomic E-state index is 1.03. The fraction of sp³-hybridized carbons (Fsp3) is 0.696. The minimum Gasteiger partial charge on any atom is -0.255 e. The Morgan fingerprint density at radius 2 is 0.854 bits per heavy atom. The molecule has 0 aliphatic rings. The molecule has 0 aromatic carbocycles. The van der Waals surface area contributed by atoms with Crippen LogP contribution in [0.15, 0.2) is 61.0 Å². The Bertz CT molecular complexity index is 1020. The van der Waals surface area contributed by atoms with Gasteiger partial charge in [0.05, 0.1) is 11.4 Å². The summed E-state index contributed by atoms with van der Waals surface area (Å²) in [6.07, 6.45) is 53.9. The lowest BCUT2D eigenvalue weighted by molar-refractivity contribution is 0.588. The highest BCUT2D eigenvalue weighted by atomic mass is 14.8. The Morgan fingerprint density at radius 3 is 1.31 bits per heavy atom.